The molecule has 0 saturated carbocycles. The fraction of sp³-hybridized carbons (Fsp3) is 0. The third kappa shape index (κ3) is 4.04. The lowest BCUT2D eigenvalue weighted by Gasteiger charge is -2.16. The van der Waals surface area contributed by atoms with Crippen LogP contribution in [0.25, 0.3) is 0 Å². The summed E-state index contributed by atoms with van der Waals surface area (Å²) in [5, 5.41) is 28.8. The Balaban J connectivity index is 2.08. The van der Waals surface area contributed by atoms with E-state index in [0.717, 1.165) is 5.69 Å². The largest absolute Gasteiger partial charge is 0.353 e. The van der Waals surface area contributed by atoms with E-state index in [2.05, 4.69) is 26.6 Å². The quantitative estimate of drug-likeness (QED) is 0.381. The molecule has 3 rings (SSSR count). The van der Waals surface area contributed by atoms with Crippen molar-refractivity contribution in [3.63, 3.8) is 0 Å². The molecule has 0 aliphatic rings. The van der Waals surface area contributed by atoms with Crippen LogP contribution in [0.5, 0.6) is 0 Å². The molecule has 0 atom stereocenters. The number of nitrogens with zero attached hydrogens (tertiary/aromatic N) is 2. The van der Waals surface area contributed by atoms with E-state index in [9.17, 15) is 20.2 Å². The maximum Gasteiger partial charge on any atom is 0.299 e. The van der Waals surface area contributed by atoms with E-state index in [4.69, 9.17) is 0 Å². The van der Waals surface area contributed by atoms with Crippen molar-refractivity contribution in [1.29, 1.82) is 0 Å². The van der Waals surface area contributed by atoms with Crippen molar-refractivity contribution in [2.75, 3.05) is 10.6 Å². The van der Waals surface area contributed by atoms with E-state index in [0.29, 0.717) is 15.8 Å². The van der Waals surface area contributed by atoms with Crippen LogP contribution in [0.2, 0.25) is 0 Å². The first-order valence-electron chi connectivity index (χ1n) is 7.77. The monoisotopic (exact) mass is 428 g/mol. The molecule has 0 fully saturated rings. The number of nitro groups is 2. The maximum atomic E-state index is 11.3. The summed E-state index contributed by atoms with van der Waals surface area (Å²) in [6.07, 6.45) is 0. The molecule has 0 amide bonds. The van der Waals surface area contributed by atoms with E-state index in [1.165, 1.54) is 18.2 Å². The van der Waals surface area contributed by atoms with Crippen LogP contribution in [-0.4, -0.2) is 9.85 Å². The Kier molecular flexibility index (Phi) is 5.32. The Morgan fingerprint density at radius 3 is 1.89 bits per heavy atom. The maximum absolute atomic E-state index is 11.3. The molecule has 3 aromatic carbocycles. The number of rotatable bonds is 6. The topological polar surface area (TPSA) is 110 Å². The number of nitro benzene ring substituents is 2. The standard InChI is InChI=1S/C18H13BrN4O4/c19-13-8-4-9-14(17(13)20-12-6-2-1-3-7-12)21-18-15(22(24)25)10-5-11-16(18)23(26)27/h1-11,20-21H. The van der Waals surface area contributed by atoms with Gasteiger partial charge in [-0.3, -0.25) is 20.2 Å². The van der Waals surface area contributed by atoms with Gasteiger partial charge in [-0.2, -0.15) is 0 Å². The summed E-state index contributed by atoms with van der Waals surface area (Å²) >= 11 is 3.44. The fourth-order valence-corrected chi connectivity index (χ4v) is 2.98. The van der Waals surface area contributed by atoms with E-state index in [1.54, 1.807) is 18.2 Å². The van der Waals surface area contributed by atoms with Gasteiger partial charge in [-0.15, -0.1) is 0 Å². The number of halogens is 1. The van der Waals surface area contributed by atoms with E-state index in [-0.39, 0.29) is 17.1 Å². The molecule has 0 aliphatic heterocycles. The van der Waals surface area contributed by atoms with Crippen LogP contribution in [0.4, 0.5) is 34.1 Å². The molecule has 136 valence electrons. The van der Waals surface area contributed by atoms with Gasteiger partial charge in [-0.1, -0.05) is 24.3 Å². The summed E-state index contributed by atoms with van der Waals surface area (Å²) in [5.41, 5.74) is 0.901. The Hall–Kier alpha value is -3.46. The summed E-state index contributed by atoms with van der Waals surface area (Å²) in [6.45, 7) is 0. The normalized spacial score (nSPS) is 10.3. The van der Waals surface area contributed by atoms with Crippen molar-refractivity contribution in [3.05, 3.63) is 91.4 Å². The molecule has 8 nitrogen and oxygen atoms in total. The average Bonchev–Trinajstić information content (AvgIpc) is 2.65. The number of nitrogens with one attached hydrogen (secondary N) is 2. The van der Waals surface area contributed by atoms with Gasteiger partial charge in [0, 0.05) is 22.3 Å². The van der Waals surface area contributed by atoms with Crippen molar-refractivity contribution >= 4 is 50.1 Å². The van der Waals surface area contributed by atoms with Crippen LogP contribution >= 0.6 is 15.9 Å². The van der Waals surface area contributed by atoms with Gasteiger partial charge in [-0.25, -0.2) is 0 Å². The average molecular weight is 429 g/mol. The van der Waals surface area contributed by atoms with Gasteiger partial charge < -0.3 is 10.6 Å². The molecule has 27 heavy (non-hydrogen) atoms. The van der Waals surface area contributed by atoms with Gasteiger partial charge in [0.25, 0.3) is 11.4 Å². The van der Waals surface area contributed by atoms with Crippen molar-refractivity contribution in [2.24, 2.45) is 0 Å². The Morgan fingerprint density at radius 2 is 1.30 bits per heavy atom. The first-order valence-corrected chi connectivity index (χ1v) is 8.56. The zero-order chi connectivity index (χ0) is 19.4. The highest BCUT2D eigenvalue weighted by molar-refractivity contribution is 9.10. The third-order valence-electron chi connectivity index (χ3n) is 3.73. The molecule has 0 radical (unpaired) electrons. The predicted octanol–water partition coefficient (Wildman–Crippen LogP) is 5.75. The highest BCUT2D eigenvalue weighted by atomic mass is 79.9. The molecule has 0 spiro atoms. The smallest absolute Gasteiger partial charge is 0.299 e. The highest BCUT2D eigenvalue weighted by Gasteiger charge is 2.25. The lowest BCUT2D eigenvalue weighted by molar-refractivity contribution is -0.392. The van der Waals surface area contributed by atoms with Crippen LogP contribution in [0.15, 0.2) is 71.2 Å². The second-order valence-corrected chi connectivity index (χ2v) is 6.32. The minimum Gasteiger partial charge on any atom is -0.353 e. The second kappa shape index (κ2) is 7.83. The molecule has 9 heteroatoms. The summed E-state index contributed by atoms with van der Waals surface area (Å²) in [7, 11) is 0. The summed E-state index contributed by atoms with van der Waals surface area (Å²) < 4.78 is 0.692. The van der Waals surface area contributed by atoms with Gasteiger partial charge in [0.05, 0.1) is 21.2 Å². The number of para-hydroxylation sites is 3. The summed E-state index contributed by atoms with van der Waals surface area (Å²) in [5.74, 6) is 0. The van der Waals surface area contributed by atoms with Crippen LogP contribution in [0.1, 0.15) is 0 Å². The van der Waals surface area contributed by atoms with Crippen molar-refractivity contribution < 1.29 is 9.85 Å². The molecule has 0 aliphatic carbocycles. The number of benzene rings is 3. The Morgan fingerprint density at radius 1 is 0.704 bits per heavy atom. The predicted molar refractivity (Wildman–Crippen MR) is 107 cm³/mol. The van der Waals surface area contributed by atoms with Gasteiger partial charge >= 0.3 is 0 Å². The molecule has 2 N–H and O–H groups in total. The van der Waals surface area contributed by atoms with Crippen LogP contribution in [0.3, 0.4) is 0 Å². The van der Waals surface area contributed by atoms with Gasteiger partial charge in [0.15, 0.2) is 5.69 Å². The van der Waals surface area contributed by atoms with Crippen molar-refractivity contribution in [1.82, 2.24) is 0 Å². The second-order valence-electron chi connectivity index (χ2n) is 5.46. The zero-order valence-electron chi connectivity index (χ0n) is 13.8. The Labute approximate surface area is 162 Å². The molecule has 0 saturated heterocycles. The lowest BCUT2D eigenvalue weighted by Crippen LogP contribution is -2.04. The van der Waals surface area contributed by atoms with Gasteiger partial charge in [0.1, 0.15) is 0 Å². The molecule has 3 aromatic rings. The van der Waals surface area contributed by atoms with Crippen LogP contribution in [-0.2, 0) is 0 Å². The molecule has 0 aromatic heterocycles. The molecular weight excluding hydrogens is 416 g/mol. The molecule has 0 heterocycles. The van der Waals surface area contributed by atoms with E-state index < -0.39 is 9.85 Å². The number of anilines is 4. The van der Waals surface area contributed by atoms with Gasteiger partial charge in [-0.05, 0) is 46.3 Å². The molecular formula is C18H13BrN4O4. The summed E-state index contributed by atoms with van der Waals surface area (Å²) in [4.78, 5) is 21.4. The zero-order valence-corrected chi connectivity index (χ0v) is 15.3. The SMILES string of the molecule is O=[N+]([O-])c1cccc([N+](=O)[O-])c1Nc1cccc(Br)c1Nc1ccccc1. The number of hydrogen-bond donors (Lipinski definition) is 2. The van der Waals surface area contributed by atoms with E-state index in [1.807, 2.05) is 30.3 Å². The molecule has 0 bridgehead atoms. The summed E-state index contributed by atoms with van der Waals surface area (Å²) in [6, 6.07) is 18.2. The number of hydrogen-bond acceptors (Lipinski definition) is 6. The lowest BCUT2D eigenvalue weighted by atomic mass is 10.2. The third-order valence-corrected chi connectivity index (χ3v) is 4.39. The van der Waals surface area contributed by atoms with Gasteiger partial charge in [0.2, 0.25) is 0 Å². The van der Waals surface area contributed by atoms with Crippen LogP contribution in [0, 0.1) is 20.2 Å². The first kappa shape index (κ1) is 18.3. The minimum atomic E-state index is -0.655. The highest BCUT2D eigenvalue weighted by Crippen LogP contribution is 2.40. The van der Waals surface area contributed by atoms with Crippen LogP contribution < -0.4 is 10.6 Å². The minimum absolute atomic E-state index is 0.179. The van der Waals surface area contributed by atoms with Crippen molar-refractivity contribution in [2.45, 2.75) is 0 Å². The Bertz CT molecular complexity index is 979. The van der Waals surface area contributed by atoms with E-state index >= 15 is 0 Å². The first-order chi connectivity index (χ1) is 13.0. The van der Waals surface area contributed by atoms with Crippen molar-refractivity contribution in [3.8, 4) is 0 Å². The molecule has 0 unspecified atom stereocenters. The fourth-order valence-electron chi connectivity index (χ4n) is 2.52.